The molecule has 0 aliphatic carbocycles. The molecule has 7 nitrogen and oxygen atoms in total. The third-order valence-corrected chi connectivity index (χ3v) is 3.12. The summed E-state index contributed by atoms with van der Waals surface area (Å²) >= 11 is 0. The van der Waals surface area contributed by atoms with E-state index in [0.29, 0.717) is 26.3 Å². The maximum Gasteiger partial charge on any atom is 0.263 e. The third kappa shape index (κ3) is 6.89. The number of ether oxygens (including phenoxy) is 3. The van der Waals surface area contributed by atoms with E-state index in [1.54, 1.807) is 0 Å². The van der Waals surface area contributed by atoms with Crippen LogP contribution in [-0.2, 0) is 19.0 Å². The van der Waals surface area contributed by atoms with Crippen LogP contribution >= 0.6 is 0 Å². The van der Waals surface area contributed by atoms with Gasteiger partial charge in [-0.25, -0.2) is 0 Å². The van der Waals surface area contributed by atoms with Gasteiger partial charge in [0.2, 0.25) is 0 Å². The minimum Gasteiger partial charge on any atom is -0.385 e. The average molecular weight is 311 g/mol. The van der Waals surface area contributed by atoms with Crippen molar-refractivity contribution < 1.29 is 19.0 Å². The van der Waals surface area contributed by atoms with Crippen molar-refractivity contribution in [2.75, 3.05) is 32.9 Å². The van der Waals surface area contributed by atoms with Crippen LogP contribution in [0.15, 0.2) is 11.8 Å². The second kappa shape index (κ2) is 11.0. The summed E-state index contributed by atoms with van der Waals surface area (Å²) in [5.41, 5.74) is 0.0183. The van der Waals surface area contributed by atoms with E-state index >= 15 is 0 Å². The molecule has 2 N–H and O–H groups in total. The standard InChI is InChI=1S/C15H25N3O4/c1-3-20-14(21-4-2)11-17-9-12(8-16)15(19)18-10-13-6-5-7-22-13/h9,13-14,17H,3-7,10-11H2,1-2H3,(H,18,19)/b12-9-. The van der Waals surface area contributed by atoms with E-state index in [1.165, 1.54) is 6.20 Å². The highest BCUT2D eigenvalue weighted by Gasteiger charge is 2.17. The molecule has 0 aromatic heterocycles. The molecule has 1 heterocycles. The van der Waals surface area contributed by atoms with Crippen LogP contribution in [-0.4, -0.2) is 51.2 Å². The van der Waals surface area contributed by atoms with Crippen LogP contribution in [0.3, 0.4) is 0 Å². The van der Waals surface area contributed by atoms with E-state index in [9.17, 15) is 4.79 Å². The Kier molecular flexibility index (Phi) is 9.23. The monoisotopic (exact) mass is 311 g/mol. The Morgan fingerprint density at radius 2 is 2.18 bits per heavy atom. The lowest BCUT2D eigenvalue weighted by Crippen LogP contribution is -2.34. The number of nitriles is 1. The average Bonchev–Trinajstić information content (AvgIpc) is 3.03. The van der Waals surface area contributed by atoms with Crippen molar-refractivity contribution in [3.8, 4) is 6.07 Å². The molecule has 1 fully saturated rings. The molecule has 0 bridgehead atoms. The van der Waals surface area contributed by atoms with Gasteiger partial charge in [-0.05, 0) is 26.7 Å². The smallest absolute Gasteiger partial charge is 0.263 e. The molecule has 0 aromatic carbocycles. The van der Waals surface area contributed by atoms with Crippen molar-refractivity contribution in [1.29, 1.82) is 5.26 Å². The molecule has 1 rings (SSSR count). The zero-order valence-electron chi connectivity index (χ0n) is 13.3. The molecule has 1 amide bonds. The predicted octanol–water partition coefficient (Wildman–Crippen LogP) is 0.678. The van der Waals surface area contributed by atoms with Crippen molar-refractivity contribution in [3.05, 3.63) is 11.8 Å². The second-order valence-corrected chi connectivity index (χ2v) is 4.76. The number of rotatable bonds is 10. The van der Waals surface area contributed by atoms with Gasteiger partial charge in [0.05, 0.1) is 12.6 Å². The second-order valence-electron chi connectivity index (χ2n) is 4.76. The van der Waals surface area contributed by atoms with Gasteiger partial charge in [0.25, 0.3) is 5.91 Å². The SMILES string of the molecule is CCOC(CN/C=C(/C#N)C(=O)NCC1CCCO1)OCC. The van der Waals surface area contributed by atoms with Crippen LogP contribution in [0.5, 0.6) is 0 Å². The first kappa shape index (κ1) is 18.4. The van der Waals surface area contributed by atoms with Crippen LogP contribution in [0.4, 0.5) is 0 Å². The summed E-state index contributed by atoms with van der Waals surface area (Å²) in [6.45, 7) is 6.35. The van der Waals surface area contributed by atoms with Gasteiger partial charge in [0.15, 0.2) is 6.29 Å². The molecule has 1 aliphatic heterocycles. The highest BCUT2D eigenvalue weighted by atomic mass is 16.7. The summed E-state index contributed by atoms with van der Waals surface area (Å²) in [5, 5.41) is 14.6. The van der Waals surface area contributed by atoms with Gasteiger partial charge in [0, 0.05) is 32.6 Å². The van der Waals surface area contributed by atoms with Gasteiger partial charge < -0.3 is 24.8 Å². The zero-order valence-corrected chi connectivity index (χ0v) is 13.3. The van der Waals surface area contributed by atoms with E-state index in [2.05, 4.69) is 10.6 Å². The fraction of sp³-hybridized carbons (Fsp3) is 0.733. The maximum atomic E-state index is 11.9. The Labute approximate surface area is 131 Å². The fourth-order valence-electron chi connectivity index (χ4n) is 2.05. The highest BCUT2D eigenvalue weighted by molar-refractivity contribution is 5.97. The number of carbonyl (C=O) groups excluding carboxylic acids is 1. The van der Waals surface area contributed by atoms with Gasteiger partial charge in [-0.3, -0.25) is 4.79 Å². The highest BCUT2D eigenvalue weighted by Crippen LogP contribution is 2.10. The molecule has 7 heteroatoms. The lowest BCUT2D eigenvalue weighted by Gasteiger charge is -2.16. The third-order valence-electron chi connectivity index (χ3n) is 3.12. The number of hydrogen-bond acceptors (Lipinski definition) is 6. The van der Waals surface area contributed by atoms with Crippen molar-refractivity contribution in [1.82, 2.24) is 10.6 Å². The molecule has 0 radical (unpaired) electrons. The summed E-state index contributed by atoms with van der Waals surface area (Å²) in [7, 11) is 0. The van der Waals surface area contributed by atoms with Crippen LogP contribution < -0.4 is 10.6 Å². The van der Waals surface area contributed by atoms with Crippen molar-refractivity contribution >= 4 is 5.91 Å². The Bertz CT molecular complexity index is 394. The van der Waals surface area contributed by atoms with Crippen LogP contribution in [0.25, 0.3) is 0 Å². The Balaban J connectivity index is 2.37. The molecule has 0 spiro atoms. The maximum absolute atomic E-state index is 11.9. The molecular formula is C15H25N3O4. The van der Waals surface area contributed by atoms with Crippen molar-refractivity contribution in [2.24, 2.45) is 0 Å². The van der Waals surface area contributed by atoms with Gasteiger partial charge in [-0.2, -0.15) is 5.26 Å². The topological polar surface area (TPSA) is 92.6 Å². The molecule has 1 atom stereocenters. The van der Waals surface area contributed by atoms with Crippen LogP contribution in [0.2, 0.25) is 0 Å². The number of nitrogens with one attached hydrogen (secondary N) is 2. The lowest BCUT2D eigenvalue weighted by atomic mass is 10.2. The Hall–Kier alpha value is -1.62. The Morgan fingerprint density at radius 3 is 2.73 bits per heavy atom. The molecule has 22 heavy (non-hydrogen) atoms. The van der Waals surface area contributed by atoms with E-state index < -0.39 is 12.2 Å². The summed E-state index contributed by atoms with van der Waals surface area (Å²) in [6, 6.07) is 1.88. The molecule has 1 unspecified atom stereocenters. The number of carbonyl (C=O) groups is 1. The first-order valence-electron chi connectivity index (χ1n) is 7.67. The van der Waals surface area contributed by atoms with Crippen molar-refractivity contribution in [2.45, 2.75) is 39.1 Å². The first-order valence-corrected chi connectivity index (χ1v) is 7.67. The quantitative estimate of drug-likeness (QED) is 0.350. The largest absolute Gasteiger partial charge is 0.385 e. The van der Waals surface area contributed by atoms with E-state index in [4.69, 9.17) is 19.5 Å². The minimum atomic E-state index is -0.408. The van der Waals surface area contributed by atoms with Crippen LogP contribution in [0, 0.1) is 11.3 Å². The van der Waals surface area contributed by atoms with E-state index in [1.807, 2.05) is 19.9 Å². The van der Waals surface area contributed by atoms with Crippen LogP contribution in [0.1, 0.15) is 26.7 Å². The molecule has 0 aromatic rings. The number of nitrogens with zero attached hydrogens (tertiary/aromatic N) is 1. The molecular weight excluding hydrogens is 286 g/mol. The summed E-state index contributed by atoms with van der Waals surface area (Å²) < 4.78 is 16.1. The van der Waals surface area contributed by atoms with E-state index in [0.717, 1.165) is 19.4 Å². The van der Waals surface area contributed by atoms with Gasteiger partial charge in [0.1, 0.15) is 11.6 Å². The molecule has 1 aliphatic rings. The summed E-state index contributed by atoms with van der Waals surface area (Å²) in [5.74, 6) is -0.408. The van der Waals surface area contributed by atoms with Crippen molar-refractivity contribution in [3.63, 3.8) is 0 Å². The van der Waals surface area contributed by atoms with Gasteiger partial charge in [-0.1, -0.05) is 0 Å². The molecule has 1 saturated heterocycles. The van der Waals surface area contributed by atoms with Gasteiger partial charge in [-0.15, -0.1) is 0 Å². The van der Waals surface area contributed by atoms with Gasteiger partial charge >= 0.3 is 0 Å². The Morgan fingerprint density at radius 1 is 1.45 bits per heavy atom. The summed E-state index contributed by atoms with van der Waals surface area (Å²) in [6.07, 6.45) is 2.99. The molecule has 0 saturated carbocycles. The minimum absolute atomic E-state index is 0.0183. The first-order chi connectivity index (χ1) is 10.7. The fourth-order valence-corrected chi connectivity index (χ4v) is 2.05. The molecule has 124 valence electrons. The number of amides is 1. The predicted molar refractivity (Wildman–Crippen MR) is 80.7 cm³/mol. The number of hydrogen-bond donors (Lipinski definition) is 2. The zero-order chi connectivity index (χ0) is 16.2. The summed E-state index contributed by atoms with van der Waals surface area (Å²) in [4.78, 5) is 11.9. The lowest BCUT2D eigenvalue weighted by molar-refractivity contribution is -0.131. The van der Waals surface area contributed by atoms with E-state index in [-0.39, 0.29) is 11.7 Å². The normalized spacial score (nSPS) is 18.3.